The monoisotopic (exact) mass is 405 g/mol. The number of aliphatic hydroxyl groups is 1. The molecule has 0 atom stereocenters. The van der Waals surface area contributed by atoms with Gasteiger partial charge < -0.3 is 14.6 Å². The molecule has 152 valence electrons. The maximum atomic E-state index is 13.1. The predicted octanol–water partition coefficient (Wildman–Crippen LogP) is 4.60. The largest absolute Gasteiger partial charge is 0.496 e. The number of hydrogen-bond acceptors (Lipinski definition) is 5. The van der Waals surface area contributed by atoms with Crippen molar-refractivity contribution in [1.29, 1.82) is 0 Å². The topological polar surface area (TPSA) is 68.7 Å². The third kappa shape index (κ3) is 4.02. The molecule has 5 nitrogen and oxygen atoms in total. The lowest BCUT2D eigenvalue weighted by Crippen LogP contribution is -2.09. The van der Waals surface area contributed by atoms with Gasteiger partial charge in [-0.3, -0.25) is 4.98 Å². The van der Waals surface area contributed by atoms with Crippen LogP contribution in [0.15, 0.2) is 42.6 Å². The first-order valence-corrected chi connectivity index (χ1v) is 8.75. The summed E-state index contributed by atoms with van der Waals surface area (Å²) in [6.45, 7) is 1.51. The van der Waals surface area contributed by atoms with Gasteiger partial charge in [0.2, 0.25) is 0 Å². The number of aliphatic hydroxyl groups excluding tert-OH is 1. The van der Waals surface area contributed by atoms with Crippen LogP contribution >= 0.6 is 0 Å². The van der Waals surface area contributed by atoms with E-state index in [1.807, 2.05) is 0 Å². The van der Waals surface area contributed by atoms with Gasteiger partial charge in [-0.1, -0.05) is 12.1 Å². The molecule has 0 spiro atoms. The van der Waals surface area contributed by atoms with Crippen LogP contribution in [0.25, 0.3) is 22.0 Å². The lowest BCUT2D eigenvalue weighted by atomic mass is 9.93. The molecular weight excluding hydrogens is 387 g/mol. The second-order valence-electron chi connectivity index (χ2n) is 6.19. The molecule has 0 aliphatic rings. The van der Waals surface area contributed by atoms with E-state index in [2.05, 4.69) is 4.98 Å². The van der Waals surface area contributed by atoms with Crippen molar-refractivity contribution < 1.29 is 32.5 Å². The molecular formula is C21H18F3NO4. The molecule has 0 aliphatic carbocycles. The number of hydrogen-bond donors (Lipinski definition) is 1. The van der Waals surface area contributed by atoms with Crippen LogP contribution in [0.2, 0.25) is 0 Å². The molecule has 8 heteroatoms. The summed E-state index contributed by atoms with van der Waals surface area (Å²) in [5.74, 6) is -0.270. The smallest absolute Gasteiger partial charge is 0.416 e. The van der Waals surface area contributed by atoms with Crippen molar-refractivity contribution in [2.45, 2.75) is 19.7 Å². The van der Waals surface area contributed by atoms with Gasteiger partial charge in [-0.05, 0) is 36.8 Å². The molecule has 1 heterocycles. The molecule has 29 heavy (non-hydrogen) atoms. The average molecular weight is 405 g/mol. The van der Waals surface area contributed by atoms with E-state index in [0.717, 1.165) is 12.1 Å². The molecule has 2 aromatic carbocycles. The van der Waals surface area contributed by atoms with Crippen molar-refractivity contribution in [2.24, 2.45) is 0 Å². The highest BCUT2D eigenvalue weighted by molar-refractivity contribution is 6.07. The Labute approximate surface area is 164 Å². The number of alkyl halides is 3. The van der Waals surface area contributed by atoms with E-state index >= 15 is 0 Å². The maximum absolute atomic E-state index is 13.1. The van der Waals surface area contributed by atoms with Gasteiger partial charge in [0.1, 0.15) is 5.75 Å². The third-order valence-corrected chi connectivity index (χ3v) is 4.41. The van der Waals surface area contributed by atoms with Crippen molar-refractivity contribution in [2.75, 3.05) is 13.7 Å². The van der Waals surface area contributed by atoms with Crippen molar-refractivity contribution in [3.8, 4) is 16.9 Å². The van der Waals surface area contributed by atoms with E-state index in [1.165, 1.54) is 19.4 Å². The van der Waals surface area contributed by atoms with Crippen LogP contribution in [-0.4, -0.2) is 29.8 Å². The SMILES string of the molecule is CCOC(=O)c1cnc2cc(C(F)(F)F)ccc2c1-c1cc(CO)ccc1OC. The van der Waals surface area contributed by atoms with E-state index in [9.17, 15) is 23.1 Å². The van der Waals surface area contributed by atoms with Crippen LogP contribution in [0.4, 0.5) is 13.2 Å². The number of methoxy groups -OCH3 is 1. The number of aromatic nitrogens is 1. The Morgan fingerprint density at radius 1 is 1.17 bits per heavy atom. The van der Waals surface area contributed by atoms with Crippen molar-refractivity contribution in [1.82, 2.24) is 4.98 Å². The number of fused-ring (bicyclic) bond motifs is 1. The van der Waals surface area contributed by atoms with Crippen LogP contribution in [0.1, 0.15) is 28.4 Å². The minimum absolute atomic E-state index is 0.0688. The van der Waals surface area contributed by atoms with Crippen LogP contribution in [-0.2, 0) is 17.5 Å². The van der Waals surface area contributed by atoms with Crippen LogP contribution in [0.3, 0.4) is 0 Å². The molecule has 0 aliphatic heterocycles. The van der Waals surface area contributed by atoms with Crippen LogP contribution in [0, 0.1) is 0 Å². The van der Waals surface area contributed by atoms with Crippen molar-refractivity contribution in [3.63, 3.8) is 0 Å². The number of carbonyl (C=O) groups excluding carboxylic acids is 1. The highest BCUT2D eigenvalue weighted by Gasteiger charge is 2.31. The Morgan fingerprint density at radius 3 is 2.55 bits per heavy atom. The normalized spacial score (nSPS) is 11.5. The number of ether oxygens (including phenoxy) is 2. The Bertz CT molecular complexity index is 1060. The number of benzene rings is 2. The number of rotatable bonds is 5. The Morgan fingerprint density at radius 2 is 1.93 bits per heavy atom. The van der Waals surface area contributed by atoms with Gasteiger partial charge >= 0.3 is 12.1 Å². The lowest BCUT2D eigenvalue weighted by Gasteiger charge is -2.17. The number of carbonyl (C=O) groups is 1. The van der Waals surface area contributed by atoms with Gasteiger partial charge in [-0.2, -0.15) is 13.2 Å². The zero-order valence-corrected chi connectivity index (χ0v) is 15.7. The van der Waals surface area contributed by atoms with E-state index in [4.69, 9.17) is 9.47 Å². The van der Waals surface area contributed by atoms with Crippen LogP contribution < -0.4 is 4.74 Å². The Balaban J connectivity index is 2.37. The number of nitrogens with zero attached hydrogens (tertiary/aromatic N) is 1. The standard InChI is InChI=1S/C21H18F3NO4/c1-3-29-20(27)16-10-25-17-9-13(21(22,23)24)5-6-14(17)19(16)15-8-12(11-26)4-7-18(15)28-2/h4-10,26H,3,11H2,1-2H3. The molecule has 0 bridgehead atoms. The molecule has 0 unspecified atom stereocenters. The number of halogens is 3. The summed E-state index contributed by atoms with van der Waals surface area (Å²) in [5.41, 5.74) is 0.631. The van der Waals surface area contributed by atoms with Crippen LogP contribution in [0.5, 0.6) is 5.75 Å². The van der Waals surface area contributed by atoms with E-state index in [0.29, 0.717) is 27.8 Å². The Kier molecular flexibility index (Phi) is 5.74. The fourth-order valence-corrected chi connectivity index (χ4v) is 3.07. The summed E-state index contributed by atoms with van der Waals surface area (Å²) in [6.07, 6.45) is -3.33. The first-order chi connectivity index (χ1) is 13.8. The first kappa shape index (κ1) is 20.6. The van der Waals surface area contributed by atoms with Gasteiger partial charge in [-0.15, -0.1) is 0 Å². The molecule has 0 radical (unpaired) electrons. The van der Waals surface area contributed by atoms with Gasteiger partial charge in [0.15, 0.2) is 0 Å². The molecule has 0 saturated carbocycles. The zero-order valence-electron chi connectivity index (χ0n) is 15.7. The van der Waals surface area contributed by atoms with Gasteiger partial charge in [0.05, 0.1) is 37.0 Å². The van der Waals surface area contributed by atoms with Crippen molar-refractivity contribution in [3.05, 3.63) is 59.3 Å². The average Bonchev–Trinajstić information content (AvgIpc) is 2.71. The minimum Gasteiger partial charge on any atom is -0.496 e. The third-order valence-electron chi connectivity index (χ3n) is 4.41. The highest BCUT2D eigenvalue weighted by Crippen LogP contribution is 2.40. The van der Waals surface area contributed by atoms with Gasteiger partial charge in [0.25, 0.3) is 0 Å². The number of pyridine rings is 1. The molecule has 1 aromatic heterocycles. The summed E-state index contributed by atoms with van der Waals surface area (Å²) >= 11 is 0. The maximum Gasteiger partial charge on any atom is 0.416 e. The second kappa shape index (κ2) is 8.08. The Hall–Kier alpha value is -3.13. The molecule has 3 rings (SSSR count). The van der Waals surface area contributed by atoms with Gasteiger partial charge in [-0.25, -0.2) is 4.79 Å². The molecule has 1 N–H and O–H groups in total. The second-order valence-corrected chi connectivity index (χ2v) is 6.19. The fourth-order valence-electron chi connectivity index (χ4n) is 3.07. The quantitative estimate of drug-likeness (QED) is 0.629. The zero-order chi connectivity index (χ0) is 21.2. The highest BCUT2D eigenvalue weighted by atomic mass is 19.4. The lowest BCUT2D eigenvalue weighted by molar-refractivity contribution is -0.137. The number of esters is 1. The van der Waals surface area contributed by atoms with E-state index in [1.54, 1.807) is 25.1 Å². The summed E-state index contributed by atoms with van der Waals surface area (Å²) in [5, 5.41) is 9.84. The fraction of sp³-hybridized carbons (Fsp3) is 0.238. The van der Waals surface area contributed by atoms with E-state index < -0.39 is 17.7 Å². The molecule has 0 amide bonds. The predicted molar refractivity (Wildman–Crippen MR) is 101 cm³/mol. The first-order valence-electron chi connectivity index (χ1n) is 8.75. The molecule has 3 aromatic rings. The van der Waals surface area contributed by atoms with Crippen molar-refractivity contribution >= 4 is 16.9 Å². The molecule has 0 saturated heterocycles. The summed E-state index contributed by atoms with van der Waals surface area (Å²) in [7, 11) is 1.44. The molecule has 0 fully saturated rings. The van der Waals surface area contributed by atoms with E-state index in [-0.39, 0.29) is 24.3 Å². The summed E-state index contributed by atoms with van der Waals surface area (Å²) < 4.78 is 49.8. The summed E-state index contributed by atoms with van der Waals surface area (Å²) in [4.78, 5) is 16.6. The summed E-state index contributed by atoms with van der Waals surface area (Å²) in [6, 6.07) is 8.02. The van der Waals surface area contributed by atoms with Gasteiger partial charge in [0, 0.05) is 22.7 Å². The minimum atomic E-state index is -4.52.